The van der Waals surface area contributed by atoms with E-state index in [0.717, 1.165) is 16.5 Å². The summed E-state index contributed by atoms with van der Waals surface area (Å²) in [4.78, 5) is 16.7. The molecule has 0 atom stereocenters. The summed E-state index contributed by atoms with van der Waals surface area (Å²) in [5.74, 6) is 0.248. The zero-order valence-electron chi connectivity index (χ0n) is 13.6. The fourth-order valence-corrected chi connectivity index (χ4v) is 2.42. The lowest BCUT2D eigenvalue weighted by atomic mass is 10.1. The average Bonchev–Trinajstić information content (AvgIpc) is 2.66. The van der Waals surface area contributed by atoms with Gasteiger partial charge in [0.2, 0.25) is 0 Å². The lowest BCUT2D eigenvalue weighted by Gasteiger charge is -2.07. The smallest absolute Gasteiger partial charge is 0.266 e. The molecule has 0 aliphatic rings. The minimum Gasteiger partial charge on any atom is -0.497 e. The van der Waals surface area contributed by atoms with E-state index in [-0.39, 0.29) is 5.57 Å². The minimum absolute atomic E-state index is 0.0195. The second kappa shape index (κ2) is 7.28. The highest BCUT2D eigenvalue weighted by atomic mass is 16.5. The minimum atomic E-state index is -0.463. The number of ether oxygens (including phenoxy) is 1. The first-order valence-electron chi connectivity index (χ1n) is 7.62. The van der Waals surface area contributed by atoms with Crippen molar-refractivity contribution in [3.63, 3.8) is 0 Å². The van der Waals surface area contributed by atoms with Gasteiger partial charge in [0.25, 0.3) is 5.91 Å². The van der Waals surface area contributed by atoms with E-state index < -0.39 is 5.91 Å². The van der Waals surface area contributed by atoms with Gasteiger partial charge in [-0.2, -0.15) is 5.26 Å². The van der Waals surface area contributed by atoms with Crippen molar-refractivity contribution in [1.29, 1.82) is 5.26 Å². The highest BCUT2D eigenvalue weighted by Gasteiger charge is 2.11. The van der Waals surface area contributed by atoms with Crippen molar-refractivity contribution in [3.8, 4) is 11.8 Å². The molecule has 25 heavy (non-hydrogen) atoms. The molecule has 1 N–H and O–H groups in total. The van der Waals surface area contributed by atoms with Gasteiger partial charge in [-0.3, -0.25) is 9.78 Å². The van der Waals surface area contributed by atoms with E-state index in [1.165, 1.54) is 6.08 Å². The standard InChI is InChI=1S/C20H15N3O2/c1-25-16-9-7-14(8-10-16)12-15(13-21)20(24)23-19-6-2-5-18-17(19)4-3-11-22-18/h2-12H,1H3,(H,23,24)/b15-12+. The second-order valence-electron chi connectivity index (χ2n) is 5.27. The van der Waals surface area contributed by atoms with Crippen LogP contribution >= 0.6 is 0 Å². The maximum atomic E-state index is 12.5. The van der Waals surface area contributed by atoms with Crippen molar-refractivity contribution >= 4 is 28.6 Å². The average molecular weight is 329 g/mol. The molecule has 3 aromatic rings. The molecular weight excluding hydrogens is 314 g/mol. The number of benzene rings is 2. The number of aromatic nitrogens is 1. The SMILES string of the molecule is COc1ccc(/C=C(\C#N)C(=O)Nc2cccc3ncccc23)cc1. The van der Waals surface area contributed by atoms with Crippen molar-refractivity contribution in [2.24, 2.45) is 0 Å². The molecule has 2 aromatic carbocycles. The van der Waals surface area contributed by atoms with Crippen LogP contribution in [0.2, 0.25) is 0 Å². The highest BCUT2D eigenvalue weighted by molar-refractivity contribution is 6.12. The predicted molar refractivity (Wildman–Crippen MR) is 97.0 cm³/mol. The van der Waals surface area contributed by atoms with Gasteiger partial charge in [0.15, 0.2) is 0 Å². The predicted octanol–water partition coefficient (Wildman–Crippen LogP) is 3.79. The van der Waals surface area contributed by atoms with Crippen LogP contribution < -0.4 is 10.1 Å². The summed E-state index contributed by atoms with van der Waals surface area (Å²) in [6, 6.07) is 18.2. The molecule has 1 aromatic heterocycles. The van der Waals surface area contributed by atoms with E-state index in [2.05, 4.69) is 10.3 Å². The Kier molecular flexibility index (Phi) is 4.72. The zero-order chi connectivity index (χ0) is 17.6. The number of carbonyl (C=O) groups is 1. The molecule has 0 saturated heterocycles. The lowest BCUT2D eigenvalue weighted by Crippen LogP contribution is -2.13. The molecule has 0 spiro atoms. The molecule has 0 fully saturated rings. The van der Waals surface area contributed by atoms with E-state index >= 15 is 0 Å². The molecule has 0 bridgehead atoms. The number of fused-ring (bicyclic) bond motifs is 1. The topological polar surface area (TPSA) is 75.0 Å². The Morgan fingerprint density at radius 1 is 1.16 bits per heavy atom. The summed E-state index contributed by atoms with van der Waals surface area (Å²) in [6.07, 6.45) is 3.23. The van der Waals surface area contributed by atoms with E-state index in [4.69, 9.17) is 4.74 Å². The van der Waals surface area contributed by atoms with E-state index in [1.807, 2.05) is 24.3 Å². The van der Waals surface area contributed by atoms with Gasteiger partial charge in [-0.1, -0.05) is 18.2 Å². The summed E-state index contributed by atoms with van der Waals surface area (Å²) in [6.45, 7) is 0. The molecule has 0 radical (unpaired) electrons. The summed E-state index contributed by atoms with van der Waals surface area (Å²) in [7, 11) is 1.58. The quantitative estimate of drug-likeness (QED) is 0.584. The van der Waals surface area contributed by atoms with Crippen LogP contribution in [-0.2, 0) is 4.79 Å². The summed E-state index contributed by atoms with van der Waals surface area (Å²) in [5, 5.41) is 12.9. The maximum absolute atomic E-state index is 12.5. The molecule has 1 amide bonds. The molecule has 0 unspecified atom stereocenters. The third kappa shape index (κ3) is 3.65. The zero-order valence-corrected chi connectivity index (χ0v) is 13.6. The molecule has 5 nitrogen and oxygen atoms in total. The molecule has 0 aliphatic carbocycles. The molecule has 1 heterocycles. The molecular formula is C20H15N3O2. The first kappa shape index (κ1) is 16.2. The number of carbonyl (C=O) groups excluding carboxylic acids is 1. The fourth-order valence-electron chi connectivity index (χ4n) is 2.42. The van der Waals surface area contributed by atoms with Gasteiger partial charge in [0, 0.05) is 11.6 Å². The fraction of sp³-hybridized carbons (Fsp3) is 0.0500. The van der Waals surface area contributed by atoms with Crippen molar-refractivity contribution in [3.05, 3.63) is 71.9 Å². The highest BCUT2D eigenvalue weighted by Crippen LogP contribution is 2.22. The Balaban J connectivity index is 1.87. The number of hydrogen-bond donors (Lipinski definition) is 1. The van der Waals surface area contributed by atoms with Crippen LogP contribution in [0.1, 0.15) is 5.56 Å². The van der Waals surface area contributed by atoms with Gasteiger partial charge in [0.1, 0.15) is 17.4 Å². The number of pyridine rings is 1. The molecule has 0 saturated carbocycles. The van der Waals surface area contributed by atoms with Gasteiger partial charge in [0.05, 0.1) is 18.3 Å². The third-order valence-corrected chi connectivity index (χ3v) is 3.69. The van der Waals surface area contributed by atoms with Crippen LogP contribution in [0.25, 0.3) is 17.0 Å². The van der Waals surface area contributed by atoms with Gasteiger partial charge in [-0.15, -0.1) is 0 Å². The van der Waals surface area contributed by atoms with Gasteiger partial charge in [-0.25, -0.2) is 0 Å². The van der Waals surface area contributed by atoms with E-state index in [1.54, 1.807) is 49.7 Å². The Hall–Kier alpha value is -3.65. The molecule has 122 valence electrons. The molecule has 0 aliphatic heterocycles. The van der Waals surface area contributed by atoms with Crippen molar-refractivity contribution < 1.29 is 9.53 Å². The van der Waals surface area contributed by atoms with Crippen LogP contribution in [0.4, 0.5) is 5.69 Å². The number of amides is 1. The Bertz CT molecular complexity index is 980. The van der Waals surface area contributed by atoms with Crippen LogP contribution in [0.3, 0.4) is 0 Å². The lowest BCUT2D eigenvalue weighted by molar-refractivity contribution is -0.112. The molecule has 3 rings (SSSR count). The third-order valence-electron chi connectivity index (χ3n) is 3.69. The van der Waals surface area contributed by atoms with Crippen molar-refractivity contribution in [2.75, 3.05) is 12.4 Å². The first-order chi connectivity index (χ1) is 12.2. The number of anilines is 1. The largest absolute Gasteiger partial charge is 0.497 e. The first-order valence-corrected chi connectivity index (χ1v) is 7.62. The van der Waals surface area contributed by atoms with Gasteiger partial charge < -0.3 is 10.1 Å². The summed E-state index contributed by atoms with van der Waals surface area (Å²) in [5.41, 5.74) is 2.16. The summed E-state index contributed by atoms with van der Waals surface area (Å²) < 4.78 is 5.10. The van der Waals surface area contributed by atoms with Crippen LogP contribution in [0.15, 0.2) is 66.4 Å². The Morgan fingerprint density at radius 2 is 1.96 bits per heavy atom. The van der Waals surface area contributed by atoms with Gasteiger partial charge in [-0.05, 0) is 48.0 Å². The molecule has 5 heteroatoms. The number of hydrogen-bond acceptors (Lipinski definition) is 4. The Morgan fingerprint density at radius 3 is 2.68 bits per heavy atom. The van der Waals surface area contributed by atoms with Crippen LogP contribution in [-0.4, -0.2) is 18.0 Å². The second-order valence-corrected chi connectivity index (χ2v) is 5.27. The normalized spacial score (nSPS) is 11.0. The van der Waals surface area contributed by atoms with Crippen molar-refractivity contribution in [1.82, 2.24) is 4.98 Å². The monoisotopic (exact) mass is 329 g/mol. The maximum Gasteiger partial charge on any atom is 0.266 e. The van der Waals surface area contributed by atoms with E-state index in [0.29, 0.717) is 11.4 Å². The Labute approximate surface area is 145 Å². The van der Waals surface area contributed by atoms with Crippen LogP contribution in [0.5, 0.6) is 5.75 Å². The number of nitrogens with one attached hydrogen (secondary N) is 1. The van der Waals surface area contributed by atoms with Gasteiger partial charge >= 0.3 is 0 Å². The number of rotatable bonds is 4. The van der Waals surface area contributed by atoms with E-state index in [9.17, 15) is 10.1 Å². The van der Waals surface area contributed by atoms with Crippen molar-refractivity contribution in [2.45, 2.75) is 0 Å². The number of methoxy groups -OCH3 is 1. The number of nitriles is 1. The number of nitrogens with zero attached hydrogens (tertiary/aromatic N) is 2. The van der Waals surface area contributed by atoms with Crippen LogP contribution in [0, 0.1) is 11.3 Å². The summed E-state index contributed by atoms with van der Waals surface area (Å²) >= 11 is 0.